The van der Waals surface area contributed by atoms with Gasteiger partial charge < -0.3 is 0 Å². The zero-order valence-corrected chi connectivity index (χ0v) is 9.85. The Balaban J connectivity index is 2.16. The van der Waals surface area contributed by atoms with Crippen LogP contribution in [-0.2, 0) is 0 Å². The van der Waals surface area contributed by atoms with Gasteiger partial charge in [-0.3, -0.25) is 25.2 Å². The molecule has 0 atom stereocenters. The summed E-state index contributed by atoms with van der Waals surface area (Å²) in [4.78, 5) is 14.6. The summed E-state index contributed by atoms with van der Waals surface area (Å²) in [7, 11) is 0. The van der Waals surface area contributed by atoms with E-state index < -0.39 is 4.92 Å². The second-order valence-electron chi connectivity index (χ2n) is 4.01. The molecule has 0 radical (unpaired) electrons. The number of pyridine rings is 1. The Bertz CT molecular complexity index is 737. The lowest BCUT2D eigenvalue weighted by Crippen LogP contribution is -2.06. The average Bonchev–Trinajstić information content (AvgIpc) is 2.91. The zero-order valence-electron chi connectivity index (χ0n) is 9.85. The first kappa shape index (κ1) is 11.2. The molecule has 2 heterocycles. The van der Waals surface area contributed by atoms with Crippen molar-refractivity contribution >= 4 is 22.1 Å². The van der Waals surface area contributed by atoms with E-state index >= 15 is 0 Å². The van der Waals surface area contributed by atoms with Crippen molar-refractivity contribution in [3.05, 3.63) is 65.2 Å². The van der Waals surface area contributed by atoms with E-state index in [1.807, 2.05) is 24.5 Å². The third kappa shape index (κ3) is 1.99. The topological polar surface area (TPSA) is 73.0 Å². The van der Waals surface area contributed by atoms with Gasteiger partial charge in [0.25, 0.3) is 5.69 Å². The Kier molecular flexibility index (Phi) is 2.60. The van der Waals surface area contributed by atoms with Crippen LogP contribution >= 0.6 is 0 Å². The fourth-order valence-electron chi connectivity index (χ4n) is 1.98. The lowest BCUT2D eigenvalue weighted by molar-refractivity contribution is -0.383. The van der Waals surface area contributed by atoms with E-state index in [0.29, 0.717) is 5.39 Å². The van der Waals surface area contributed by atoms with Gasteiger partial charge in [0.1, 0.15) is 0 Å². The Morgan fingerprint density at radius 3 is 2.68 bits per heavy atom. The smallest absolute Gasteiger partial charge is 0.278 e. The number of benzene rings is 1. The number of nitro groups is 1. The van der Waals surface area contributed by atoms with Gasteiger partial charge >= 0.3 is 0 Å². The lowest BCUT2D eigenvalue weighted by Gasteiger charge is -2.10. The molecule has 3 aromatic rings. The maximum Gasteiger partial charge on any atom is 0.278 e. The molecule has 0 aliphatic rings. The van der Waals surface area contributed by atoms with Crippen molar-refractivity contribution in [1.29, 1.82) is 0 Å². The summed E-state index contributed by atoms with van der Waals surface area (Å²) in [6.07, 6.45) is 6.84. The Labute approximate surface area is 108 Å². The van der Waals surface area contributed by atoms with Gasteiger partial charge in [0.15, 0.2) is 0 Å². The predicted octanol–water partition coefficient (Wildman–Crippen LogP) is 2.82. The minimum Gasteiger partial charge on any atom is -0.294 e. The van der Waals surface area contributed by atoms with E-state index in [4.69, 9.17) is 0 Å². The number of hydrogen-bond acceptors (Lipinski definition) is 4. The van der Waals surface area contributed by atoms with E-state index in [9.17, 15) is 10.1 Å². The van der Waals surface area contributed by atoms with Crippen LogP contribution in [0.5, 0.6) is 0 Å². The van der Waals surface area contributed by atoms with Gasteiger partial charge in [0.2, 0.25) is 0 Å². The summed E-state index contributed by atoms with van der Waals surface area (Å²) in [6.45, 7) is 0. The number of non-ortho nitro benzene ring substituents is 1. The van der Waals surface area contributed by atoms with Gasteiger partial charge in [-0.15, -0.1) is 0 Å². The summed E-state index contributed by atoms with van der Waals surface area (Å²) in [5, 5.41) is 12.3. The van der Waals surface area contributed by atoms with Gasteiger partial charge in [0, 0.05) is 36.2 Å². The molecule has 0 saturated carbocycles. The summed E-state index contributed by atoms with van der Waals surface area (Å²) < 4.78 is 1.78. The monoisotopic (exact) mass is 254 g/mol. The molecule has 6 heteroatoms. The molecule has 0 bridgehead atoms. The van der Waals surface area contributed by atoms with Crippen molar-refractivity contribution < 1.29 is 4.92 Å². The van der Waals surface area contributed by atoms with Gasteiger partial charge in [-0.2, -0.15) is 0 Å². The highest BCUT2D eigenvalue weighted by Crippen LogP contribution is 2.30. The molecule has 0 saturated heterocycles. The molecule has 94 valence electrons. The maximum absolute atomic E-state index is 11.0. The second kappa shape index (κ2) is 4.41. The number of rotatable bonds is 3. The predicted molar refractivity (Wildman–Crippen MR) is 71.9 cm³/mol. The standard InChI is InChI=1S/C13H10N4O2/c18-17(19)13-4-3-12(15-16-7-1-2-8-16)10-5-6-14-9-11(10)13/h1-9,15H. The van der Waals surface area contributed by atoms with Crippen LogP contribution in [-0.4, -0.2) is 14.6 Å². The molecule has 3 rings (SSSR count). The molecule has 1 aromatic carbocycles. The van der Waals surface area contributed by atoms with E-state index in [1.165, 1.54) is 12.3 Å². The SMILES string of the molecule is O=[N+]([O-])c1ccc(Nn2cccc2)c2ccncc12. The molecule has 2 aromatic heterocycles. The van der Waals surface area contributed by atoms with E-state index in [0.717, 1.165) is 11.1 Å². The molecule has 0 fully saturated rings. The summed E-state index contributed by atoms with van der Waals surface area (Å²) >= 11 is 0. The van der Waals surface area contributed by atoms with Gasteiger partial charge in [-0.05, 0) is 24.3 Å². The van der Waals surface area contributed by atoms with Crippen molar-refractivity contribution in [3.8, 4) is 0 Å². The number of anilines is 1. The number of nitro benzene ring substituents is 1. The lowest BCUT2D eigenvalue weighted by atomic mass is 10.1. The first-order chi connectivity index (χ1) is 9.25. The largest absolute Gasteiger partial charge is 0.294 e. The molecule has 6 nitrogen and oxygen atoms in total. The van der Waals surface area contributed by atoms with Crippen LogP contribution in [0.1, 0.15) is 0 Å². The molecule has 19 heavy (non-hydrogen) atoms. The first-order valence-corrected chi connectivity index (χ1v) is 5.67. The van der Waals surface area contributed by atoms with Crippen LogP contribution in [0.3, 0.4) is 0 Å². The number of fused-ring (bicyclic) bond motifs is 1. The number of nitrogens with one attached hydrogen (secondary N) is 1. The Hall–Kier alpha value is -2.89. The average molecular weight is 254 g/mol. The third-order valence-corrected chi connectivity index (χ3v) is 2.85. The van der Waals surface area contributed by atoms with Gasteiger partial charge in [0.05, 0.1) is 16.0 Å². The normalized spacial score (nSPS) is 10.5. The van der Waals surface area contributed by atoms with Crippen LogP contribution in [0.2, 0.25) is 0 Å². The minimum atomic E-state index is -0.399. The van der Waals surface area contributed by atoms with Crippen LogP contribution in [0.4, 0.5) is 11.4 Å². The Morgan fingerprint density at radius 1 is 1.16 bits per heavy atom. The molecular weight excluding hydrogens is 244 g/mol. The second-order valence-corrected chi connectivity index (χ2v) is 4.01. The molecular formula is C13H10N4O2. The van der Waals surface area contributed by atoms with Crippen LogP contribution in [0.25, 0.3) is 10.8 Å². The zero-order chi connectivity index (χ0) is 13.2. The first-order valence-electron chi connectivity index (χ1n) is 5.67. The van der Waals surface area contributed by atoms with E-state index in [2.05, 4.69) is 10.4 Å². The van der Waals surface area contributed by atoms with Crippen molar-refractivity contribution in [1.82, 2.24) is 9.66 Å². The highest BCUT2D eigenvalue weighted by Gasteiger charge is 2.14. The third-order valence-electron chi connectivity index (χ3n) is 2.85. The molecule has 0 aliphatic carbocycles. The minimum absolute atomic E-state index is 0.0566. The summed E-state index contributed by atoms with van der Waals surface area (Å²) in [5.41, 5.74) is 4.01. The number of aromatic nitrogens is 2. The van der Waals surface area contributed by atoms with Gasteiger partial charge in [-0.25, -0.2) is 0 Å². The van der Waals surface area contributed by atoms with Crippen molar-refractivity contribution in [2.45, 2.75) is 0 Å². The quantitative estimate of drug-likeness (QED) is 0.576. The fourth-order valence-corrected chi connectivity index (χ4v) is 1.98. The van der Waals surface area contributed by atoms with Crippen LogP contribution < -0.4 is 5.43 Å². The van der Waals surface area contributed by atoms with Crippen molar-refractivity contribution in [3.63, 3.8) is 0 Å². The molecule has 0 amide bonds. The highest BCUT2D eigenvalue weighted by atomic mass is 16.6. The maximum atomic E-state index is 11.0. The molecule has 1 N–H and O–H groups in total. The van der Waals surface area contributed by atoms with Crippen molar-refractivity contribution in [2.75, 3.05) is 5.43 Å². The molecule has 0 unspecified atom stereocenters. The van der Waals surface area contributed by atoms with Crippen LogP contribution in [0.15, 0.2) is 55.1 Å². The number of nitrogens with zero attached hydrogens (tertiary/aromatic N) is 3. The van der Waals surface area contributed by atoms with Crippen LogP contribution in [0, 0.1) is 10.1 Å². The molecule has 0 spiro atoms. The fraction of sp³-hybridized carbons (Fsp3) is 0. The highest BCUT2D eigenvalue weighted by molar-refractivity contribution is 5.99. The van der Waals surface area contributed by atoms with Crippen molar-refractivity contribution in [2.24, 2.45) is 0 Å². The van der Waals surface area contributed by atoms with E-state index in [-0.39, 0.29) is 5.69 Å². The molecule has 0 aliphatic heterocycles. The summed E-state index contributed by atoms with van der Waals surface area (Å²) in [5.74, 6) is 0. The summed E-state index contributed by atoms with van der Waals surface area (Å²) in [6, 6.07) is 8.72. The number of hydrogen-bond donors (Lipinski definition) is 1. The van der Waals surface area contributed by atoms with E-state index in [1.54, 1.807) is 23.0 Å². The Morgan fingerprint density at radius 2 is 1.95 bits per heavy atom. The van der Waals surface area contributed by atoms with Gasteiger partial charge in [-0.1, -0.05) is 0 Å².